The molecule has 8 nitrogen and oxygen atoms in total. The average Bonchev–Trinajstić information content (AvgIpc) is 3.00. The molecule has 0 bridgehead atoms. The molecule has 1 atom stereocenters. The van der Waals surface area contributed by atoms with Crippen LogP contribution in [0.5, 0.6) is 0 Å². The average molecular weight is 419 g/mol. The molecule has 2 aromatic rings. The van der Waals surface area contributed by atoms with Crippen molar-refractivity contribution in [3.05, 3.63) is 41.7 Å². The number of carboxylic acids is 1. The van der Waals surface area contributed by atoms with Crippen molar-refractivity contribution in [1.29, 1.82) is 0 Å². The topological polar surface area (TPSA) is 97.5 Å². The molecule has 0 radical (unpaired) electrons. The van der Waals surface area contributed by atoms with Crippen molar-refractivity contribution in [2.75, 3.05) is 14.1 Å². The van der Waals surface area contributed by atoms with Gasteiger partial charge in [-0.1, -0.05) is 17.3 Å². The van der Waals surface area contributed by atoms with Crippen molar-refractivity contribution in [3.63, 3.8) is 0 Å². The molecular weight excluding hydrogens is 384 g/mol. The minimum absolute atomic E-state index is 0.0156. The van der Waals surface area contributed by atoms with Crippen LogP contribution in [0.15, 0.2) is 30.5 Å². The monoisotopic (exact) mass is 418 g/mol. The summed E-state index contributed by atoms with van der Waals surface area (Å²) in [4.78, 5) is 24.0. The van der Waals surface area contributed by atoms with Gasteiger partial charge in [0.1, 0.15) is 12.2 Å². The summed E-state index contributed by atoms with van der Waals surface area (Å²) in [6.45, 7) is 13.1. The van der Waals surface area contributed by atoms with Gasteiger partial charge in [-0.3, -0.25) is 4.79 Å². The molecule has 0 fully saturated rings. The lowest BCUT2D eigenvalue weighted by Gasteiger charge is -2.30. The van der Waals surface area contributed by atoms with Gasteiger partial charge >= 0.3 is 5.97 Å². The number of rotatable bonds is 6. The number of aldehydes is 1. The summed E-state index contributed by atoms with van der Waals surface area (Å²) in [6.07, 6.45) is 2.07. The second-order valence-electron chi connectivity index (χ2n) is 9.25. The van der Waals surface area contributed by atoms with Crippen molar-refractivity contribution in [2.24, 2.45) is 0 Å². The third-order valence-corrected chi connectivity index (χ3v) is 3.59. The maximum Gasteiger partial charge on any atom is 0.318 e. The molecule has 0 aliphatic heterocycles. The summed E-state index contributed by atoms with van der Waals surface area (Å²) in [6, 6.07) is 6.74. The number of ether oxygens (including phenoxy) is 1. The normalized spacial score (nSPS) is 12.8. The van der Waals surface area contributed by atoms with Gasteiger partial charge in [-0.15, -0.1) is 5.10 Å². The summed E-state index contributed by atoms with van der Waals surface area (Å²) >= 11 is 0. The summed E-state index contributed by atoms with van der Waals surface area (Å²) in [5.74, 6) is -2.35. The third-order valence-electron chi connectivity index (χ3n) is 3.59. The van der Waals surface area contributed by atoms with Gasteiger partial charge in [0, 0.05) is 6.54 Å². The van der Waals surface area contributed by atoms with Crippen LogP contribution in [0, 0.1) is 0 Å². The van der Waals surface area contributed by atoms with E-state index < -0.39 is 11.9 Å². The zero-order valence-corrected chi connectivity index (χ0v) is 19.2. The fourth-order valence-electron chi connectivity index (χ4n) is 2.95. The molecule has 0 saturated carbocycles. The Bertz CT molecular complexity index is 820. The van der Waals surface area contributed by atoms with Crippen molar-refractivity contribution >= 4 is 12.3 Å². The van der Waals surface area contributed by atoms with E-state index in [0.717, 1.165) is 5.69 Å². The summed E-state index contributed by atoms with van der Waals surface area (Å²) < 4.78 is 7.26. The molecule has 1 aromatic carbocycles. The second-order valence-corrected chi connectivity index (χ2v) is 9.25. The first kappa shape index (κ1) is 25.5. The number of hydrogen-bond donors (Lipinski definition) is 1. The van der Waals surface area contributed by atoms with E-state index in [-0.39, 0.29) is 11.2 Å². The van der Waals surface area contributed by atoms with Crippen molar-refractivity contribution in [3.8, 4) is 5.69 Å². The Morgan fingerprint density at radius 1 is 1.20 bits per heavy atom. The minimum atomic E-state index is -1.18. The molecule has 2 rings (SSSR count). The number of hydrogen-bond acceptors (Lipinski definition) is 6. The molecule has 30 heavy (non-hydrogen) atoms. The maximum absolute atomic E-state index is 11.1. The van der Waals surface area contributed by atoms with Gasteiger partial charge in [0.05, 0.1) is 28.8 Å². The highest BCUT2D eigenvalue weighted by molar-refractivity contribution is 5.93. The maximum atomic E-state index is 11.1. The van der Waals surface area contributed by atoms with E-state index in [4.69, 9.17) is 9.84 Å². The van der Waals surface area contributed by atoms with Gasteiger partial charge in [0.15, 0.2) is 0 Å². The Balaban J connectivity index is 0.000000424. The molecule has 1 heterocycles. The van der Waals surface area contributed by atoms with Crippen LogP contribution in [0.3, 0.4) is 0 Å². The van der Waals surface area contributed by atoms with Crippen LogP contribution in [0.2, 0.25) is 0 Å². The van der Waals surface area contributed by atoms with E-state index in [0.29, 0.717) is 24.1 Å². The fourth-order valence-corrected chi connectivity index (χ4v) is 2.95. The first-order valence-electron chi connectivity index (χ1n) is 9.76. The number of carbonyl (C=O) groups excluding carboxylic acids is 1. The summed E-state index contributed by atoms with van der Waals surface area (Å²) in [5.41, 5.74) is 1.93. The molecule has 0 aliphatic rings. The smallest absolute Gasteiger partial charge is 0.318 e. The predicted octanol–water partition coefficient (Wildman–Crippen LogP) is 3.30. The van der Waals surface area contributed by atoms with Crippen LogP contribution >= 0.6 is 0 Å². The number of aromatic nitrogens is 3. The Labute approximate surface area is 178 Å². The summed E-state index contributed by atoms with van der Waals surface area (Å²) in [7, 11) is 3.86. The lowest BCUT2D eigenvalue weighted by Crippen LogP contribution is -2.31. The quantitative estimate of drug-likeness (QED) is 0.568. The van der Waals surface area contributed by atoms with Crippen LogP contribution < -0.4 is 0 Å². The zero-order chi connectivity index (χ0) is 23.1. The Morgan fingerprint density at radius 2 is 1.80 bits per heavy atom. The van der Waals surface area contributed by atoms with Crippen LogP contribution in [0.1, 0.15) is 58.7 Å². The van der Waals surface area contributed by atoms with Crippen LogP contribution in [-0.2, 0) is 20.9 Å². The van der Waals surface area contributed by atoms with E-state index in [9.17, 15) is 9.59 Å². The van der Waals surface area contributed by atoms with Crippen molar-refractivity contribution < 1.29 is 19.4 Å². The van der Waals surface area contributed by atoms with Crippen molar-refractivity contribution in [2.45, 2.75) is 65.2 Å². The van der Waals surface area contributed by atoms with Gasteiger partial charge in [-0.25, -0.2) is 4.68 Å². The highest BCUT2D eigenvalue weighted by Crippen LogP contribution is 2.19. The minimum Gasteiger partial charge on any atom is -0.480 e. The number of carboxylic acid groups (broad SMARTS) is 1. The Hall–Kier alpha value is -2.58. The van der Waals surface area contributed by atoms with Gasteiger partial charge in [-0.2, -0.15) is 0 Å². The van der Waals surface area contributed by atoms with Gasteiger partial charge < -0.3 is 19.5 Å². The highest BCUT2D eigenvalue weighted by Gasteiger charge is 2.20. The van der Waals surface area contributed by atoms with E-state index in [2.05, 4.69) is 51.9 Å². The molecule has 0 amide bonds. The Kier molecular flexibility index (Phi) is 8.87. The molecule has 0 aliphatic carbocycles. The standard InChI is InChI=1S/C14H16N4O3.C8H18O/c1-17(2)8-12-7-15-16-18(12)11-5-3-4-10(6-11)13(9-19)14(20)21;1-7(2,3)9-8(4,5)6/h3-7,9,13H,8H2,1-2H3,(H,20,21);1-6H3. The van der Waals surface area contributed by atoms with Crippen LogP contribution in [0.25, 0.3) is 5.69 Å². The molecule has 8 heteroatoms. The molecule has 1 aromatic heterocycles. The second kappa shape index (κ2) is 10.4. The number of carbonyl (C=O) groups is 2. The van der Waals surface area contributed by atoms with Crippen LogP contribution in [-0.4, -0.2) is 62.6 Å². The molecule has 1 unspecified atom stereocenters. The highest BCUT2D eigenvalue weighted by atomic mass is 16.5. The van der Waals surface area contributed by atoms with Gasteiger partial charge in [-0.05, 0) is 73.3 Å². The molecule has 166 valence electrons. The van der Waals surface area contributed by atoms with E-state index in [1.54, 1.807) is 35.1 Å². The number of aliphatic carboxylic acids is 1. The number of benzene rings is 1. The molecule has 0 saturated heterocycles. The predicted molar refractivity (Wildman–Crippen MR) is 116 cm³/mol. The fraction of sp³-hybridized carbons (Fsp3) is 0.545. The first-order valence-corrected chi connectivity index (χ1v) is 9.76. The molecule has 1 N–H and O–H groups in total. The lowest BCUT2D eigenvalue weighted by atomic mass is 10.0. The first-order chi connectivity index (χ1) is 13.7. The zero-order valence-electron chi connectivity index (χ0n) is 19.2. The lowest BCUT2D eigenvalue weighted by molar-refractivity contribution is -0.140. The van der Waals surface area contributed by atoms with Crippen molar-refractivity contribution in [1.82, 2.24) is 19.9 Å². The van der Waals surface area contributed by atoms with Gasteiger partial charge in [0.2, 0.25) is 0 Å². The van der Waals surface area contributed by atoms with E-state index in [1.807, 2.05) is 19.0 Å². The van der Waals surface area contributed by atoms with E-state index >= 15 is 0 Å². The number of nitrogens with zero attached hydrogens (tertiary/aromatic N) is 4. The van der Waals surface area contributed by atoms with Gasteiger partial charge in [0.25, 0.3) is 0 Å². The largest absolute Gasteiger partial charge is 0.480 e. The molecular formula is C22H34N4O4. The third kappa shape index (κ3) is 8.84. The summed E-state index contributed by atoms with van der Waals surface area (Å²) in [5, 5.41) is 16.9. The Morgan fingerprint density at radius 3 is 2.23 bits per heavy atom. The molecule has 0 spiro atoms. The van der Waals surface area contributed by atoms with E-state index in [1.165, 1.54) is 0 Å². The SMILES string of the molecule is CC(C)(C)OC(C)(C)C.CN(C)Cc1cnnn1-c1cccc(C(C=O)C(=O)O)c1. The van der Waals surface area contributed by atoms with Crippen LogP contribution in [0.4, 0.5) is 0 Å².